The van der Waals surface area contributed by atoms with Gasteiger partial charge in [0.2, 0.25) is 0 Å². The molecule has 0 aromatic carbocycles. The van der Waals surface area contributed by atoms with E-state index in [0.29, 0.717) is 6.61 Å². The molecule has 3 rings (SSSR count). The van der Waals surface area contributed by atoms with Gasteiger partial charge < -0.3 is 15.0 Å². The highest BCUT2D eigenvalue weighted by Gasteiger charge is 2.30. The molecular weight excluding hydrogens is 284 g/mol. The lowest BCUT2D eigenvalue weighted by Crippen LogP contribution is -2.36. The zero-order valence-corrected chi connectivity index (χ0v) is 13.9. The summed E-state index contributed by atoms with van der Waals surface area (Å²) in [6, 6.07) is 0.732. The molecule has 1 aromatic rings. The molecule has 21 heavy (non-hydrogen) atoms. The molecule has 0 bridgehead atoms. The number of rotatable bonds is 5. The van der Waals surface area contributed by atoms with E-state index < -0.39 is 0 Å². The SMILES string of the molecule is CNCc1sc(N2CCCN3CCCC3C2)nc1COC. The molecule has 1 N–H and O–H groups in total. The summed E-state index contributed by atoms with van der Waals surface area (Å²) in [4.78, 5) is 11.3. The van der Waals surface area contributed by atoms with Crippen molar-refractivity contribution in [1.82, 2.24) is 15.2 Å². The molecule has 0 amide bonds. The van der Waals surface area contributed by atoms with Crippen molar-refractivity contribution < 1.29 is 4.74 Å². The van der Waals surface area contributed by atoms with Crippen LogP contribution in [-0.4, -0.2) is 56.3 Å². The molecular formula is C15H26N4OS. The zero-order chi connectivity index (χ0) is 14.7. The third-order valence-corrected chi connectivity index (χ3v) is 5.62. The van der Waals surface area contributed by atoms with Crippen LogP contribution in [0.2, 0.25) is 0 Å². The van der Waals surface area contributed by atoms with Crippen LogP contribution in [-0.2, 0) is 17.9 Å². The minimum Gasteiger partial charge on any atom is -0.378 e. The predicted molar refractivity (Wildman–Crippen MR) is 87.0 cm³/mol. The molecule has 1 unspecified atom stereocenters. The summed E-state index contributed by atoms with van der Waals surface area (Å²) in [5, 5.41) is 4.42. The van der Waals surface area contributed by atoms with Crippen molar-refractivity contribution in [1.29, 1.82) is 0 Å². The molecule has 0 spiro atoms. The smallest absolute Gasteiger partial charge is 0.185 e. The van der Waals surface area contributed by atoms with E-state index in [-0.39, 0.29) is 0 Å². The molecule has 0 saturated carbocycles. The molecule has 0 aliphatic carbocycles. The average molecular weight is 310 g/mol. The van der Waals surface area contributed by atoms with E-state index in [9.17, 15) is 0 Å². The van der Waals surface area contributed by atoms with Gasteiger partial charge in [0.1, 0.15) is 0 Å². The molecule has 2 aliphatic rings. The fourth-order valence-corrected chi connectivity index (χ4v) is 4.54. The Morgan fingerprint density at radius 2 is 2.19 bits per heavy atom. The number of thiazole rings is 1. The van der Waals surface area contributed by atoms with Crippen LogP contribution in [0.5, 0.6) is 0 Å². The van der Waals surface area contributed by atoms with Gasteiger partial charge in [-0.05, 0) is 32.9 Å². The van der Waals surface area contributed by atoms with Gasteiger partial charge in [-0.15, -0.1) is 11.3 Å². The fraction of sp³-hybridized carbons (Fsp3) is 0.800. The highest BCUT2D eigenvalue weighted by atomic mass is 32.1. The van der Waals surface area contributed by atoms with Crippen molar-refractivity contribution in [2.75, 3.05) is 45.2 Å². The van der Waals surface area contributed by atoms with Crippen LogP contribution in [0.15, 0.2) is 0 Å². The third kappa shape index (κ3) is 3.39. The Bertz CT molecular complexity index is 441. The second-order valence-electron chi connectivity index (χ2n) is 5.96. The molecule has 2 saturated heterocycles. The number of ether oxygens (including phenoxy) is 1. The van der Waals surface area contributed by atoms with Gasteiger partial charge in [0.25, 0.3) is 0 Å². The number of hydrogen-bond donors (Lipinski definition) is 1. The maximum Gasteiger partial charge on any atom is 0.185 e. The summed E-state index contributed by atoms with van der Waals surface area (Å²) in [6.07, 6.45) is 3.95. The molecule has 5 nitrogen and oxygen atoms in total. The van der Waals surface area contributed by atoms with Crippen molar-refractivity contribution in [2.45, 2.75) is 38.5 Å². The first-order chi connectivity index (χ1) is 10.3. The molecule has 1 aromatic heterocycles. The van der Waals surface area contributed by atoms with Crippen molar-refractivity contribution in [3.63, 3.8) is 0 Å². The van der Waals surface area contributed by atoms with E-state index in [1.54, 1.807) is 7.11 Å². The molecule has 0 radical (unpaired) electrons. The second kappa shape index (κ2) is 7.05. The van der Waals surface area contributed by atoms with Crippen LogP contribution in [0.3, 0.4) is 0 Å². The fourth-order valence-electron chi connectivity index (χ4n) is 3.43. The maximum absolute atomic E-state index is 5.30. The van der Waals surface area contributed by atoms with Crippen molar-refractivity contribution in [2.24, 2.45) is 0 Å². The largest absolute Gasteiger partial charge is 0.378 e. The molecule has 6 heteroatoms. The number of fused-ring (bicyclic) bond motifs is 1. The average Bonchev–Trinajstić information content (AvgIpc) is 3.02. The first kappa shape index (κ1) is 15.2. The minimum absolute atomic E-state index is 0.608. The number of hydrogen-bond acceptors (Lipinski definition) is 6. The summed E-state index contributed by atoms with van der Waals surface area (Å²) in [6.45, 7) is 6.29. The topological polar surface area (TPSA) is 40.6 Å². The van der Waals surface area contributed by atoms with Gasteiger partial charge in [-0.25, -0.2) is 4.98 Å². The number of anilines is 1. The highest BCUT2D eigenvalue weighted by Crippen LogP contribution is 2.30. The van der Waals surface area contributed by atoms with E-state index in [2.05, 4.69) is 15.1 Å². The summed E-state index contributed by atoms with van der Waals surface area (Å²) < 4.78 is 5.30. The maximum atomic E-state index is 5.30. The van der Waals surface area contributed by atoms with Crippen molar-refractivity contribution in [3.05, 3.63) is 10.6 Å². The molecule has 2 aliphatic heterocycles. The van der Waals surface area contributed by atoms with Gasteiger partial charge in [-0.2, -0.15) is 0 Å². The highest BCUT2D eigenvalue weighted by molar-refractivity contribution is 7.15. The molecule has 118 valence electrons. The quantitative estimate of drug-likeness (QED) is 0.896. The predicted octanol–water partition coefficient (Wildman–Crippen LogP) is 1.68. The lowest BCUT2D eigenvalue weighted by atomic mass is 10.2. The van der Waals surface area contributed by atoms with Gasteiger partial charge in [-0.1, -0.05) is 0 Å². The van der Waals surface area contributed by atoms with Crippen LogP contribution < -0.4 is 10.2 Å². The Labute approximate surface area is 131 Å². The summed E-state index contributed by atoms with van der Waals surface area (Å²) in [7, 11) is 3.73. The van der Waals surface area contributed by atoms with Gasteiger partial charge in [-0.3, -0.25) is 4.90 Å². The zero-order valence-electron chi connectivity index (χ0n) is 13.1. The van der Waals surface area contributed by atoms with E-state index in [4.69, 9.17) is 9.72 Å². The Balaban J connectivity index is 1.76. The molecule has 2 fully saturated rings. The van der Waals surface area contributed by atoms with E-state index >= 15 is 0 Å². The number of nitrogens with zero attached hydrogens (tertiary/aromatic N) is 3. The minimum atomic E-state index is 0.608. The van der Waals surface area contributed by atoms with Crippen LogP contribution >= 0.6 is 11.3 Å². The standard InChI is InChI=1S/C15H26N4OS/c1-16-9-14-13(11-20-2)17-15(21-14)19-8-4-7-18-6-3-5-12(18)10-19/h12,16H,3-11H2,1-2H3. The van der Waals surface area contributed by atoms with E-state index in [1.165, 1.54) is 42.4 Å². The number of methoxy groups -OCH3 is 1. The van der Waals surface area contributed by atoms with Gasteiger partial charge in [0.15, 0.2) is 5.13 Å². The lowest BCUT2D eigenvalue weighted by Gasteiger charge is -2.25. The van der Waals surface area contributed by atoms with Gasteiger partial charge in [0.05, 0.1) is 12.3 Å². The van der Waals surface area contributed by atoms with Gasteiger partial charge in [0, 0.05) is 44.2 Å². The Morgan fingerprint density at radius 1 is 1.33 bits per heavy atom. The Kier molecular flexibility index (Phi) is 5.11. The summed E-state index contributed by atoms with van der Waals surface area (Å²) >= 11 is 1.83. The molecule has 1 atom stereocenters. The number of aromatic nitrogens is 1. The molecule has 3 heterocycles. The summed E-state index contributed by atoms with van der Waals surface area (Å²) in [5.41, 5.74) is 1.10. The normalized spacial score (nSPS) is 23.3. The van der Waals surface area contributed by atoms with Crippen molar-refractivity contribution >= 4 is 16.5 Å². The van der Waals surface area contributed by atoms with Crippen molar-refractivity contribution in [3.8, 4) is 0 Å². The number of nitrogens with one attached hydrogen (secondary N) is 1. The van der Waals surface area contributed by atoms with E-state index in [0.717, 1.165) is 31.4 Å². The third-order valence-electron chi connectivity index (χ3n) is 4.46. The Morgan fingerprint density at radius 3 is 3.00 bits per heavy atom. The monoisotopic (exact) mass is 310 g/mol. The summed E-state index contributed by atoms with van der Waals surface area (Å²) in [5.74, 6) is 0. The van der Waals surface area contributed by atoms with E-state index in [1.807, 2.05) is 18.4 Å². The lowest BCUT2D eigenvalue weighted by molar-refractivity contribution is 0.181. The Hall–Kier alpha value is -0.690. The first-order valence-corrected chi connectivity index (χ1v) is 8.74. The van der Waals surface area contributed by atoms with Crippen LogP contribution in [0.1, 0.15) is 29.8 Å². The second-order valence-corrected chi connectivity index (χ2v) is 7.02. The van der Waals surface area contributed by atoms with Gasteiger partial charge >= 0.3 is 0 Å². The first-order valence-electron chi connectivity index (χ1n) is 7.93. The van der Waals surface area contributed by atoms with Crippen LogP contribution in [0.25, 0.3) is 0 Å². The van der Waals surface area contributed by atoms with Crippen LogP contribution in [0.4, 0.5) is 5.13 Å². The van der Waals surface area contributed by atoms with Crippen LogP contribution in [0, 0.1) is 0 Å².